The molecule has 0 unspecified atom stereocenters. The third-order valence-electron chi connectivity index (χ3n) is 10.7. The normalized spacial score (nSPS) is 26.8. The molecular weight excluding hydrogens is 831 g/mol. The Morgan fingerprint density at radius 3 is 1.95 bits per heavy atom. The molecule has 10 atom stereocenters. The average molecular weight is 896 g/mol. The minimum Gasteiger partial charge on any atom is -0.480 e. The van der Waals surface area contributed by atoms with E-state index in [1.54, 1.807) is 27.0 Å². The SMILES string of the molecule is C=C1NC(=O)CC[C@H](C(=O)O)NC(=O)[C@@H](C)[C@H](C=C/C(C)=C/[C@H](C)[C@H](Cc2ccccc2)OC)NC(=O)[C@H](C)NC(=O)[C@@H](C)[C@H](C(=O)O)NC(=O)[C@H](CC(C)C)NC(=O)[C@@H](C)NC1=O. The number of hydrogen-bond donors (Lipinski definition) is 9. The van der Waals surface area contributed by atoms with E-state index in [0.29, 0.717) is 6.42 Å². The van der Waals surface area contributed by atoms with Crippen LogP contribution in [-0.4, -0.2) is 113 Å². The van der Waals surface area contributed by atoms with Crippen molar-refractivity contribution in [3.63, 3.8) is 0 Å². The molecule has 2 rings (SSSR count). The van der Waals surface area contributed by atoms with Crippen LogP contribution in [0.2, 0.25) is 0 Å². The van der Waals surface area contributed by atoms with E-state index in [1.165, 1.54) is 33.8 Å². The summed E-state index contributed by atoms with van der Waals surface area (Å²) in [6.45, 7) is 16.1. The lowest BCUT2D eigenvalue weighted by Crippen LogP contribution is -2.58. The highest BCUT2D eigenvalue weighted by Crippen LogP contribution is 2.18. The summed E-state index contributed by atoms with van der Waals surface area (Å²) in [6.07, 6.45) is 4.73. The van der Waals surface area contributed by atoms with Crippen LogP contribution >= 0.6 is 0 Å². The molecule has 1 aromatic carbocycles. The van der Waals surface area contributed by atoms with Gasteiger partial charge in [0, 0.05) is 19.4 Å². The van der Waals surface area contributed by atoms with Crippen LogP contribution in [0, 0.1) is 23.7 Å². The molecule has 1 saturated heterocycles. The summed E-state index contributed by atoms with van der Waals surface area (Å²) in [5, 5.41) is 37.0. The lowest BCUT2D eigenvalue weighted by molar-refractivity contribution is -0.146. The molecular formula is C45H65N7O12. The number of benzene rings is 1. The van der Waals surface area contributed by atoms with Gasteiger partial charge < -0.3 is 52.2 Å². The molecule has 1 fully saturated rings. The van der Waals surface area contributed by atoms with Crippen LogP contribution in [0.15, 0.2) is 66.4 Å². The van der Waals surface area contributed by atoms with Crippen molar-refractivity contribution >= 4 is 53.3 Å². The van der Waals surface area contributed by atoms with Gasteiger partial charge in [0.05, 0.1) is 29.7 Å². The first-order valence-corrected chi connectivity index (χ1v) is 21.2. The third kappa shape index (κ3) is 17.4. The number of hydrogen-bond acceptors (Lipinski definition) is 10. The smallest absolute Gasteiger partial charge is 0.327 e. The number of allylic oxidation sites excluding steroid dienone is 2. The van der Waals surface area contributed by atoms with Crippen molar-refractivity contribution in [3.05, 3.63) is 72.0 Å². The van der Waals surface area contributed by atoms with Gasteiger partial charge in [-0.15, -0.1) is 0 Å². The van der Waals surface area contributed by atoms with Crippen molar-refractivity contribution in [2.24, 2.45) is 23.7 Å². The summed E-state index contributed by atoms with van der Waals surface area (Å²) >= 11 is 0. The summed E-state index contributed by atoms with van der Waals surface area (Å²) in [4.78, 5) is 118. The Bertz CT molecular complexity index is 1930. The second-order valence-electron chi connectivity index (χ2n) is 16.6. The topological polar surface area (TPSA) is 288 Å². The molecule has 1 aliphatic heterocycles. The number of rotatable bonds is 11. The van der Waals surface area contributed by atoms with Crippen molar-refractivity contribution in [3.8, 4) is 0 Å². The van der Waals surface area contributed by atoms with E-state index in [9.17, 15) is 53.4 Å². The maximum absolute atomic E-state index is 13.7. The van der Waals surface area contributed by atoms with Gasteiger partial charge in [-0.05, 0) is 51.5 Å². The van der Waals surface area contributed by atoms with E-state index in [2.05, 4.69) is 43.8 Å². The van der Waals surface area contributed by atoms with Gasteiger partial charge in [-0.2, -0.15) is 0 Å². The Balaban J connectivity index is 2.54. The highest BCUT2D eigenvalue weighted by atomic mass is 16.5. The predicted octanol–water partition coefficient (Wildman–Crippen LogP) is 1.24. The summed E-state index contributed by atoms with van der Waals surface area (Å²) in [7, 11) is 1.62. The van der Waals surface area contributed by atoms with Gasteiger partial charge in [-0.1, -0.05) is 95.3 Å². The van der Waals surface area contributed by atoms with Crippen LogP contribution in [0.3, 0.4) is 0 Å². The third-order valence-corrected chi connectivity index (χ3v) is 10.7. The van der Waals surface area contributed by atoms with Gasteiger partial charge in [0.15, 0.2) is 0 Å². The van der Waals surface area contributed by atoms with Gasteiger partial charge in [-0.3, -0.25) is 33.6 Å². The second-order valence-corrected chi connectivity index (χ2v) is 16.6. The molecule has 0 aromatic heterocycles. The summed E-state index contributed by atoms with van der Waals surface area (Å²) in [5.74, 6) is -12.1. The van der Waals surface area contributed by atoms with Crippen LogP contribution in [0.5, 0.6) is 0 Å². The predicted molar refractivity (Wildman–Crippen MR) is 236 cm³/mol. The fraction of sp³-hybridized carbons (Fsp3) is 0.533. The Morgan fingerprint density at radius 2 is 1.38 bits per heavy atom. The van der Waals surface area contributed by atoms with E-state index in [0.717, 1.165) is 11.1 Å². The van der Waals surface area contributed by atoms with E-state index < -0.39 is 120 Å². The molecule has 0 radical (unpaired) electrons. The van der Waals surface area contributed by atoms with Gasteiger partial charge in [0.25, 0.3) is 5.91 Å². The van der Waals surface area contributed by atoms with Crippen molar-refractivity contribution < 1.29 is 58.1 Å². The number of ether oxygens (including phenoxy) is 1. The average Bonchev–Trinajstić information content (AvgIpc) is 3.22. The van der Waals surface area contributed by atoms with E-state index in [4.69, 9.17) is 4.74 Å². The molecule has 19 heteroatoms. The van der Waals surface area contributed by atoms with Crippen molar-refractivity contribution in [1.29, 1.82) is 0 Å². The lowest BCUT2D eigenvalue weighted by atomic mass is 9.94. The molecule has 1 aliphatic rings. The van der Waals surface area contributed by atoms with Crippen LogP contribution in [0.25, 0.3) is 0 Å². The first-order chi connectivity index (χ1) is 29.9. The molecule has 9 N–H and O–H groups in total. The number of aliphatic carboxylic acids is 2. The zero-order valence-corrected chi connectivity index (χ0v) is 38.0. The maximum Gasteiger partial charge on any atom is 0.327 e. The van der Waals surface area contributed by atoms with Gasteiger partial charge in [0.1, 0.15) is 30.2 Å². The molecule has 1 heterocycles. The van der Waals surface area contributed by atoms with E-state index in [-0.39, 0.29) is 24.4 Å². The molecule has 64 heavy (non-hydrogen) atoms. The number of carboxylic acid groups (broad SMARTS) is 2. The largest absolute Gasteiger partial charge is 0.480 e. The minimum absolute atomic E-state index is 0.0319. The summed E-state index contributed by atoms with van der Waals surface area (Å²) < 4.78 is 5.77. The lowest BCUT2D eigenvalue weighted by Gasteiger charge is -2.27. The van der Waals surface area contributed by atoms with Crippen molar-refractivity contribution in [1.82, 2.24) is 37.2 Å². The number of carbonyl (C=O) groups is 9. The summed E-state index contributed by atoms with van der Waals surface area (Å²) in [6, 6.07) is 1.34. The van der Waals surface area contributed by atoms with Crippen LogP contribution < -0.4 is 37.2 Å². The fourth-order valence-electron chi connectivity index (χ4n) is 6.64. The maximum atomic E-state index is 13.7. The zero-order valence-electron chi connectivity index (χ0n) is 38.0. The molecule has 7 amide bonds. The number of nitrogens with one attached hydrogen (secondary N) is 7. The van der Waals surface area contributed by atoms with Gasteiger partial charge in [0.2, 0.25) is 35.4 Å². The van der Waals surface area contributed by atoms with E-state index >= 15 is 0 Å². The quantitative estimate of drug-likeness (QED) is 0.112. The molecule has 0 spiro atoms. The molecule has 1 aromatic rings. The molecule has 0 saturated carbocycles. The number of methoxy groups -OCH3 is 1. The number of carbonyl (C=O) groups excluding carboxylic acids is 7. The zero-order chi connectivity index (χ0) is 48.4. The monoisotopic (exact) mass is 895 g/mol. The Morgan fingerprint density at radius 1 is 0.781 bits per heavy atom. The minimum atomic E-state index is -1.82. The number of amides is 7. The van der Waals surface area contributed by atoms with Crippen LogP contribution in [-0.2, 0) is 54.3 Å². The second kappa shape index (κ2) is 25.7. The molecule has 0 aliphatic carbocycles. The van der Waals surface area contributed by atoms with E-state index in [1.807, 2.05) is 50.3 Å². The highest BCUT2D eigenvalue weighted by Gasteiger charge is 2.36. The first kappa shape index (κ1) is 53.8. The van der Waals surface area contributed by atoms with Crippen molar-refractivity contribution in [2.75, 3.05) is 7.11 Å². The van der Waals surface area contributed by atoms with Crippen LogP contribution in [0.1, 0.15) is 80.2 Å². The number of carboxylic acids is 2. The Kier molecular flexibility index (Phi) is 21.6. The standard InChI is InChI=1S/C45H65N7O12/c1-23(2)20-34-43(59)52-37(45(62)63)27(6)39(55)47-29(8)41(57)49-32(17-16-24(3)21-25(4)35(64-10)22-31-14-12-11-13-15-31)26(5)38(54)50-33(44(60)61)18-19-36(53)46-28(7)40(56)48-30(9)42(58)51-34/h11-17,21,23,25-27,29-30,32-35,37H,7,18-20,22H2,1-6,8-10H3,(H,46,53)(H,47,55)(H,48,56)(H,49,57)(H,50,54)(H,51,58)(H,52,59)(H,60,61)(H,62,63)/b17-16?,24-21+/t25-,26-,27-,29-,30+,32-,33+,34-,35-,37+/m0/s1. The summed E-state index contributed by atoms with van der Waals surface area (Å²) in [5.41, 5.74) is 1.33. The van der Waals surface area contributed by atoms with Crippen molar-refractivity contribution in [2.45, 2.75) is 123 Å². The highest BCUT2D eigenvalue weighted by molar-refractivity contribution is 6.00. The molecule has 352 valence electrons. The molecule has 19 nitrogen and oxygen atoms in total. The Hall–Kier alpha value is -6.37. The molecule has 0 bridgehead atoms. The first-order valence-electron chi connectivity index (χ1n) is 21.2. The van der Waals surface area contributed by atoms with Gasteiger partial charge >= 0.3 is 11.9 Å². The Labute approximate surface area is 374 Å². The fourth-order valence-corrected chi connectivity index (χ4v) is 6.64. The van der Waals surface area contributed by atoms with Gasteiger partial charge in [-0.25, -0.2) is 9.59 Å². The van der Waals surface area contributed by atoms with Crippen LogP contribution in [0.4, 0.5) is 0 Å².